The number of piperidine rings is 1. The van der Waals surface area contributed by atoms with E-state index in [0.29, 0.717) is 24.4 Å². The molecule has 3 heterocycles. The molecular formula is C37H52N4O3. The van der Waals surface area contributed by atoms with Gasteiger partial charge in [-0.05, 0) is 87.4 Å². The Labute approximate surface area is 264 Å². The average molecular weight is 601 g/mol. The van der Waals surface area contributed by atoms with Gasteiger partial charge in [-0.1, -0.05) is 62.7 Å². The van der Waals surface area contributed by atoms with Gasteiger partial charge in [-0.15, -0.1) is 0 Å². The van der Waals surface area contributed by atoms with Gasteiger partial charge in [0.15, 0.2) is 0 Å². The molecule has 0 unspecified atom stereocenters. The van der Waals surface area contributed by atoms with Crippen molar-refractivity contribution in [2.75, 3.05) is 39.3 Å². The molecule has 0 saturated carbocycles. The van der Waals surface area contributed by atoms with E-state index in [1.807, 2.05) is 19.1 Å². The number of ether oxygens (including phenoxy) is 1. The van der Waals surface area contributed by atoms with Gasteiger partial charge in [0.2, 0.25) is 0 Å². The fraction of sp³-hybridized carbons (Fsp3) is 0.568. The summed E-state index contributed by atoms with van der Waals surface area (Å²) < 4.78 is 7.82. The molecule has 2 fully saturated rings. The third-order valence-electron chi connectivity index (χ3n) is 9.64. The monoisotopic (exact) mass is 600 g/mol. The maximum Gasteiger partial charge on any atom is 0.321 e. The van der Waals surface area contributed by atoms with Crippen LogP contribution in [0.2, 0.25) is 0 Å². The molecule has 5 rings (SSSR count). The Kier molecular flexibility index (Phi) is 10.2. The van der Waals surface area contributed by atoms with Gasteiger partial charge in [0, 0.05) is 50.1 Å². The van der Waals surface area contributed by atoms with Gasteiger partial charge < -0.3 is 14.7 Å². The van der Waals surface area contributed by atoms with E-state index in [4.69, 9.17) is 9.84 Å². The van der Waals surface area contributed by atoms with Gasteiger partial charge in [0.1, 0.15) is 11.8 Å². The first kappa shape index (κ1) is 32.2. The number of hydrogen-bond acceptors (Lipinski definition) is 5. The number of carboxylic acid groups (broad SMARTS) is 1. The maximum atomic E-state index is 12.4. The number of likely N-dealkylation sites (tertiary alicyclic amines) is 2. The highest BCUT2D eigenvalue weighted by molar-refractivity contribution is 5.74. The van der Waals surface area contributed by atoms with E-state index in [-0.39, 0.29) is 5.41 Å². The van der Waals surface area contributed by atoms with Gasteiger partial charge in [-0.3, -0.25) is 14.4 Å². The lowest BCUT2D eigenvalue weighted by atomic mass is 9.85. The molecule has 1 aromatic heterocycles. The highest BCUT2D eigenvalue weighted by Gasteiger charge is 2.44. The number of aromatic nitrogens is 2. The Hall–Kier alpha value is -3.16. The van der Waals surface area contributed by atoms with Gasteiger partial charge >= 0.3 is 5.97 Å². The van der Waals surface area contributed by atoms with Crippen molar-refractivity contribution in [2.24, 2.45) is 11.3 Å². The smallest absolute Gasteiger partial charge is 0.321 e. The van der Waals surface area contributed by atoms with Crippen molar-refractivity contribution in [1.82, 2.24) is 19.6 Å². The van der Waals surface area contributed by atoms with Crippen LogP contribution in [0.15, 0.2) is 54.6 Å². The van der Waals surface area contributed by atoms with Crippen molar-refractivity contribution >= 4 is 5.97 Å². The van der Waals surface area contributed by atoms with Crippen LogP contribution in [-0.2, 0) is 17.8 Å². The van der Waals surface area contributed by atoms with E-state index in [1.165, 1.54) is 22.4 Å². The van der Waals surface area contributed by atoms with Gasteiger partial charge in [-0.25, -0.2) is 0 Å². The van der Waals surface area contributed by atoms with Crippen LogP contribution in [0.5, 0.6) is 5.75 Å². The van der Waals surface area contributed by atoms with E-state index < -0.39 is 12.0 Å². The number of benzene rings is 2. The van der Waals surface area contributed by atoms with Crippen molar-refractivity contribution in [1.29, 1.82) is 0 Å². The summed E-state index contributed by atoms with van der Waals surface area (Å²) in [5, 5.41) is 15.2. The van der Waals surface area contributed by atoms with E-state index in [2.05, 4.69) is 91.6 Å². The molecule has 0 amide bonds. The van der Waals surface area contributed by atoms with Crippen LogP contribution < -0.4 is 4.74 Å². The number of carboxylic acids is 1. The summed E-state index contributed by atoms with van der Waals surface area (Å²) in [6.07, 6.45) is 3.08. The van der Waals surface area contributed by atoms with Crippen molar-refractivity contribution < 1.29 is 14.6 Å². The molecule has 238 valence electrons. The molecule has 44 heavy (non-hydrogen) atoms. The largest absolute Gasteiger partial charge is 0.494 e. The van der Waals surface area contributed by atoms with Crippen LogP contribution in [0.3, 0.4) is 0 Å². The first-order valence-electron chi connectivity index (χ1n) is 16.6. The summed E-state index contributed by atoms with van der Waals surface area (Å²) in [5.74, 6) is 1.45. The number of aryl methyl sites for hydroxylation is 2. The zero-order valence-corrected chi connectivity index (χ0v) is 27.6. The predicted molar refractivity (Wildman–Crippen MR) is 177 cm³/mol. The summed E-state index contributed by atoms with van der Waals surface area (Å²) in [6, 6.07) is 19.1. The van der Waals surface area contributed by atoms with Crippen LogP contribution in [-0.4, -0.2) is 76.0 Å². The minimum atomic E-state index is -0.712. The SMILES string of the molecule is CCOc1ccc(Cc2cc(C3CCN(C[C@H]4CN([C@@H](C(=O)O)C(C)(C)C)C[C@@H]4c4cccc(C)c4)CC3)n(CC)n2)cc1. The highest BCUT2D eigenvalue weighted by atomic mass is 16.5. The molecule has 3 atom stereocenters. The summed E-state index contributed by atoms with van der Waals surface area (Å²) in [5.41, 5.74) is 6.03. The van der Waals surface area contributed by atoms with Crippen molar-refractivity contribution in [3.8, 4) is 5.75 Å². The fourth-order valence-electron chi connectivity index (χ4n) is 7.63. The number of carbonyl (C=O) groups is 1. The van der Waals surface area contributed by atoms with E-state index in [9.17, 15) is 9.90 Å². The maximum absolute atomic E-state index is 12.4. The Morgan fingerprint density at radius 3 is 2.39 bits per heavy atom. The highest BCUT2D eigenvalue weighted by Crippen LogP contribution is 2.39. The zero-order valence-electron chi connectivity index (χ0n) is 27.6. The van der Waals surface area contributed by atoms with Crippen molar-refractivity contribution in [3.63, 3.8) is 0 Å². The minimum absolute atomic E-state index is 0.329. The van der Waals surface area contributed by atoms with E-state index in [0.717, 1.165) is 70.0 Å². The molecular weight excluding hydrogens is 548 g/mol. The van der Waals surface area contributed by atoms with Crippen LogP contribution >= 0.6 is 0 Å². The lowest BCUT2D eigenvalue weighted by molar-refractivity contribution is -0.147. The number of nitrogens with zero attached hydrogens (tertiary/aromatic N) is 4. The van der Waals surface area contributed by atoms with E-state index in [1.54, 1.807) is 0 Å². The number of aliphatic carboxylic acids is 1. The normalized spacial score (nSPS) is 21.0. The topological polar surface area (TPSA) is 70.8 Å². The molecule has 0 aliphatic carbocycles. The minimum Gasteiger partial charge on any atom is -0.494 e. The summed E-state index contributed by atoms with van der Waals surface area (Å²) in [6.45, 7) is 18.8. The Morgan fingerprint density at radius 1 is 1.05 bits per heavy atom. The fourth-order valence-corrected chi connectivity index (χ4v) is 7.63. The summed E-state index contributed by atoms with van der Waals surface area (Å²) >= 11 is 0. The number of hydrogen-bond donors (Lipinski definition) is 1. The molecule has 2 saturated heterocycles. The summed E-state index contributed by atoms with van der Waals surface area (Å²) in [7, 11) is 0. The predicted octanol–water partition coefficient (Wildman–Crippen LogP) is 6.60. The molecule has 0 radical (unpaired) electrons. The molecule has 0 spiro atoms. The van der Waals surface area contributed by atoms with Crippen molar-refractivity contribution in [3.05, 3.63) is 82.7 Å². The summed E-state index contributed by atoms with van der Waals surface area (Å²) in [4.78, 5) is 17.3. The third-order valence-corrected chi connectivity index (χ3v) is 9.64. The molecule has 2 aromatic carbocycles. The molecule has 7 nitrogen and oxygen atoms in total. The van der Waals surface area contributed by atoms with Crippen LogP contribution in [0.1, 0.15) is 87.4 Å². The van der Waals surface area contributed by atoms with Gasteiger partial charge in [0.25, 0.3) is 0 Å². The van der Waals surface area contributed by atoms with Gasteiger partial charge in [-0.2, -0.15) is 5.10 Å². The lowest BCUT2D eigenvalue weighted by Gasteiger charge is -2.36. The first-order valence-corrected chi connectivity index (χ1v) is 16.6. The Morgan fingerprint density at radius 2 is 1.77 bits per heavy atom. The van der Waals surface area contributed by atoms with Crippen molar-refractivity contribution in [2.45, 2.75) is 85.2 Å². The molecule has 1 N–H and O–H groups in total. The average Bonchev–Trinajstić information content (AvgIpc) is 3.57. The standard InChI is InChI=1S/C37H52N4O3/c1-7-41-34(22-31(38-41)21-27-12-14-32(15-13-27)44-8-2)28-16-18-39(19-17-28)23-30-24-40(35(36(42)43)37(4,5)6)25-33(30)29-11-9-10-26(3)20-29/h9-15,20,22,28,30,33,35H,7-8,16-19,21,23-25H2,1-6H3,(H,42,43)/t30-,33+,35-/m0/s1. The lowest BCUT2D eigenvalue weighted by Crippen LogP contribution is -2.48. The quantitative estimate of drug-likeness (QED) is 0.268. The second kappa shape index (κ2) is 13.9. The van der Waals surface area contributed by atoms with Gasteiger partial charge in [0.05, 0.1) is 12.3 Å². The third kappa shape index (κ3) is 7.55. The van der Waals surface area contributed by atoms with E-state index >= 15 is 0 Å². The zero-order chi connectivity index (χ0) is 31.4. The second-order valence-electron chi connectivity index (χ2n) is 14.0. The van der Waals surface area contributed by atoms with Crippen LogP contribution in [0, 0.1) is 18.3 Å². The molecule has 7 heteroatoms. The first-order chi connectivity index (χ1) is 21.0. The Balaban J connectivity index is 1.25. The number of rotatable bonds is 11. The molecule has 3 aromatic rings. The van der Waals surface area contributed by atoms with Crippen LogP contribution in [0.25, 0.3) is 0 Å². The van der Waals surface area contributed by atoms with Crippen LogP contribution in [0.4, 0.5) is 0 Å². The molecule has 0 bridgehead atoms. The second-order valence-corrected chi connectivity index (χ2v) is 14.0. The Bertz CT molecular complexity index is 1380. The molecule has 2 aliphatic heterocycles. The molecule has 2 aliphatic rings.